The molecule has 0 N–H and O–H groups in total. The number of fused-ring (bicyclic) bond motifs is 8. The highest BCUT2D eigenvalue weighted by Gasteiger charge is 2.29. The zero-order valence-electron chi connectivity index (χ0n) is 27.0. The molecule has 0 amide bonds. The van der Waals surface area contributed by atoms with E-state index in [1.807, 2.05) is 0 Å². The Bertz CT molecular complexity index is 2700. The van der Waals surface area contributed by atoms with Crippen molar-refractivity contribution in [3.8, 4) is 44.5 Å². The zero-order chi connectivity index (χ0) is 32.3. The first-order valence-electron chi connectivity index (χ1n) is 17.1. The van der Waals surface area contributed by atoms with Gasteiger partial charge >= 0.3 is 0 Å². The first kappa shape index (κ1) is 27.8. The van der Waals surface area contributed by atoms with Crippen molar-refractivity contribution in [3.63, 3.8) is 0 Å². The second kappa shape index (κ2) is 11.2. The second-order valence-corrected chi connectivity index (χ2v) is 13.3. The summed E-state index contributed by atoms with van der Waals surface area (Å²) in [7, 11) is 0. The molecule has 0 nitrogen and oxygen atoms in total. The quantitative estimate of drug-likeness (QED) is 0.172. The summed E-state index contributed by atoms with van der Waals surface area (Å²) in [5.74, 6) is 0.247. The van der Waals surface area contributed by atoms with Crippen LogP contribution < -0.4 is 0 Å². The average Bonchev–Trinajstić information content (AvgIpc) is 3.51. The lowest BCUT2D eigenvalue weighted by molar-refractivity contribution is 1.02. The van der Waals surface area contributed by atoms with Crippen LogP contribution in [0.25, 0.3) is 76.8 Å². The van der Waals surface area contributed by atoms with Crippen molar-refractivity contribution >= 4 is 32.3 Å². The molecule has 0 heterocycles. The van der Waals surface area contributed by atoms with Gasteiger partial charge < -0.3 is 0 Å². The highest BCUT2D eigenvalue weighted by molar-refractivity contribution is 6.17. The molecule has 0 bridgehead atoms. The molecule has 0 saturated carbocycles. The van der Waals surface area contributed by atoms with Gasteiger partial charge in [-0.3, -0.25) is 0 Å². The fraction of sp³-hybridized carbons (Fsp3) is 0.0204. The van der Waals surface area contributed by atoms with Crippen LogP contribution in [0.5, 0.6) is 0 Å². The van der Waals surface area contributed by atoms with Crippen LogP contribution >= 0.6 is 0 Å². The summed E-state index contributed by atoms with van der Waals surface area (Å²) in [5.41, 5.74) is 14.1. The molecule has 1 aliphatic rings. The maximum absolute atomic E-state index is 2.42. The summed E-state index contributed by atoms with van der Waals surface area (Å²) in [6, 6.07) is 69.6. The summed E-state index contributed by atoms with van der Waals surface area (Å²) < 4.78 is 0. The van der Waals surface area contributed by atoms with Gasteiger partial charge in [-0.25, -0.2) is 0 Å². The van der Waals surface area contributed by atoms with Crippen molar-refractivity contribution in [2.45, 2.75) is 5.92 Å². The smallest absolute Gasteiger partial charge is 0.0352 e. The minimum absolute atomic E-state index is 0.247. The molecular formula is C49H32. The van der Waals surface area contributed by atoms with Crippen LogP contribution in [0.2, 0.25) is 0 Å². The van der Waals surface area contributed by atoms with E-state index in [0.717, 1.165) is 0 Å². The van der Waals surface area contributed by atoms with Crippen molar-refractivity contribution in [1.29, 1.82) is 0 Å². The number of hydrogen-bond donors (Lipinski definition) is 0. The van der Waals surface area contributed by atoms with Crippen LogP contribution in [-0.4, -0.2) is 0 Å². The van der Waals surface area contributed by atoms with E-state index >= 15 is 0 Å². The Kier molecular flexibility index (Phi) is 6.35. The Balaban J connectivity index is 1.16. The van der Waals surface area contributed by atoms with E-state index in [9.17, 15) is 0 Å². The average molecular weight is 621 g/mol. The van der Waals surface area contributed by atoms with Crippen LogP contribution in [0.15, 0.2) is 188 Å². The van der Waals surface area contributed by atoms with E-state index in [1.165, 1.54) is 93.5 Å². The normalized spacial score (nSPS) is 13.5. The molecule has 0 fully saturated rings. The third-order valence-corrected chi connectivity index (χ3v) is 10.5. The van der Waals surface area contributed by atoms with Crippen molar-refractivity contribution in [1.82, 2.24) is 0 Å². The van der Waals surface area contributed by atoms with Crippen molar-refractivity contribution in [2.75, 3.05) is 0 Å². The largest absolute Gasteiger partial charge is 0.0622 e. The molecule has 0 heteroatoms. The van der Waals surface area contributed by atoms with Crippen LogP contribution in [0, 0.1) is 0 Å². The fourth-order valence-corrected chi connectivity index (χ4v) is 8.14. The van der Waals surface area contributed by atoms with Gasteiger partial charge in [0, 0.05) is 5.92 Å². The predicted molar refractivity (Wildman–Crippen MR) is 208 cm³/mol. The third kappa shape index (κ3) is 4.60. The summed E-state index contributed by atoms with van der Waals surface area (Å²) >= 11 is 0. The lowest BCUT2D eigenvalue weighted by atomic mass is 9.88. The van der Waals surface area contributed by atoms with Crippen molar-refractivity contribution in [3.05, 3.63) is 205 Å². The van der Waals surface area contributed by atoms with Crippen LogP contribution in [0.1, 0.15) is 22.6 Å². The minimum Gasteiger partial charge on any atom is -0.0622 e. The molecule has 0 spiro atoms. The predicted octanol–water partition coefficient (Wildman–Crippen LogP) is 13.3. The summed E-state index contributed by atoms with van der Waals surface area (Å²) in [6.07, 6.45) is 0. The van der Waals surface area contributed by atoms with Crippen molar-refractivity contribution in [2.24, 2.45) is 0 Å². The standard InChI is InChI=1S/C49H32/c1-3-11-32(12-4-1)38-27-39(36-20-19-34-22-24-43-41-16-8-7-13-33(41)21-25-44(43)47(34)30-36)29-40(28-38)37-23-26-46-48(31-37)42-17-9-10-18-45(42)49(46)35-14-5-2-6-15-35/h1-31,49H. The third-order valence-electron chi connectivity index (χ3n) is 10.5. The van der Waals surface area contributed by atoms with E-state index in [1.54, 1.807) is 0 Å². The first-order chi connectivity index (χ1) is 24.3. The second-order valence-electron chi connectivity index (χ2n) is 13.3. The Morgan fingerprint density at radius 1 is 0.265 bits per heavy atom. The molecule has 9 aromatic carbocycles. The van der Waals surface area contributed by atoms with Crippen LogP contribution in [0.3, 0.4) is 0 Å². The molecule has 9 aromatic rings. The van der Waals surface area contributed by atoms with Crippen LogP contribution in [0.4, 0.5) is 0 Å². The fourth-order valence-electron chi connectivity index (χ4n) is 8.14. The summed E-state index contributed by atoms with van der Waals surface area (Å²) in [6.45, 7) is 0. The van der Waals surface area contributed by atoms with Gasteiger partial charge in [-0.15, -0.1) is 0 Å². The Morgan fingerprint density at radius 3 is 1.61 bits per heavy atom. The van der Waals surface area contributed by atoms with E-state index in [2.05, 4.69) is 188 Å². The van der Waals surface area contributed by atoms with Gasteiger partial charge in [-0.2, -0.15) is 0 Å². The van der Waals surface area contributed by atoms with Gasteiger partial charge in [0.15, 0.2) is 0 Å². The van der Waals surface area contributed by atoms with Crippen molar-refractivity contribution < 1.29 is 0 Å². The number of benzene rings is 9. The van der Waals surface area contributed by atoms with Gasteiger partial charge in [0.2, 0.25) is 0 Å². The molecule has 1 unspecified atom stereocenters. The Hall–Kier alpha value is -6.24. The monoisotopic (exact) mass is 620 g/mol. The lowest BCUT2D eigenvalue weighted by Crippen LogP contribution is -1.98. The highest BCUT2D eigenvalue weighted by Crippen LogP contribution is 2.49. The maximum Gasteiger partial charge on any atom is 0.0352 e. The van der Waals surface area contributed by atoms with E-state index in [0.29, 0.717) is 0 Å². The number of hydrogen-bond acceptors (Lipinski definition) is 0. The summed E-state index contributed by atoms with van der Waals surface area (Å²) in [4.78, 5) is 0. The molecule has 1 atom stereocenters. The maximum atomic E-state index is 2.42. The Morgan fingerprint density at radius 2 is 0.816 bits per heavy atom. The molecule has 0 aliphatic heterocycles. The van der Waals surface area contributed by atoms with Gasteiger partial charge in [-0.1, -0.05) is 158 Å². The van der Waals surface area contributed by atoms with Gasteiger partial charge in [0.1, 0.15) is 0 Å². The SMILES string of the molecule is c1ccc(-c2cc(-c3ccc4c(c3)-c3ccccc3C4c3ccccc3)cc(-c3ccc4ccc5c6ccccc6ccc5c4c3)c2)cc1. The van der Waals surface area contributed by atoms with E-state index in [-0.39, 0.29) is 5.92 Å². The molecular weight excluding hydrogens is 589 g/mol. The highest BCUT2D eigenvalue weighted by atomic mass is 14.3. The summed E-state index contributed by atoms with van der Waals surface area (Å²) in [5, 5.41) is 7.72. The topological polar surface area (TPSA) is 0 Å². The van der Waals surface area contributed by atoms with E-state index in [4.69, 9.17) is 0 Å². The number of rotatable bonds is 4. The van der Waals surface area contributed by atoms with Gasteiger partial charge in [-0.05, 0) is 124 Å². The van der Waals surface area contributed by atoms with Gasteiger partial charge in [0.05, 0.1) is 0 Å². The molecule has 10 rings (SSSR count). The zero-order valence-corrected chi connectivity index (χ0v) is 27.0. The molecule has 0 aromatic heterocycles. The molecule has 0 saturated heterocycles. The lowest BCUT2D eigenvalue weighted by Gasteiger charge is -2.15. The first-order valence-corrected chi connectivity index (χ1v) is 17.1. The molecule has 49 heavy (non-hydrogen) atoms. The van der Waals surface area contributed by atoms with Gasteiger partial charge in [0.25, 0.3) is 0 Å². The molecule has 228 valence electrons. The van der Waals surface area contributed by atoms with Crippen LogP contribution in [-0.2, 0) is 0 Å². The Labute approximate surface area is 286 Å². The molecule has 0 radical (unpaired) electrons. The molecule has 1 aliphatic carbocycles. The minimum atomic E-state index is 0.247. The van der Waals surface area contributed by atoms with E-state index < -0.39 is 0 Å².